The number of benzene rings is 1. The second-order valence-electron chi connectivity index (χ2n) is 3.96. The molecule has 0 heterocycles. The van der Waals surface area contributed by atoms with Crippen molar-refractivity contribution in [1.29, 1.82) is 5.26 Å². The minimum atomic E-state index is -0.581. The molecular weight excluding hydrogens is 214 g/mol. The molecule has 0 fully saturated rings. The van der Waals surface area contributed by atoms with Crippen molar-refractivity contribution >= 4 is 5.69 Å². The first-order valence-corrected chi connectivity index (χ1v) is 5.82. The SMILES string of the molecule is CCN(CC)CC(O)c1ccc(N)c(C#N)c1. The summed E-state index contributed by atoms with van der Waals surface area (Å²) in [6.07, 6.45) is -0.581. The maximum Gasteiger partial charge on any atom is 0.101 e. The van der Waals surface area contributed by atoms with Crippen LogP contribution in [0.3, 0.4) is 0 Å². The van der Waals surface area contributed by atoms with E-state index in [0.717, 1.165) is 18.7 Å². The van der Waals surface area contributed by atoms with Crippen molar-refractivity contribution in [3.63, 3.8) is 0 Å². The molecule has 4 nitrogen and oxygen atoms in total. The normalized spacial score (nSPS) is 12.4. The van der Waals surface area contributed by atoms with Gasteiger partial charge in [-0.05, 0) is 30.8 Å². The average Bonchev–Trinajstić information content (AvgIpc) is 2.36. The fourth-order valence-electron chi connectivity index (χ4n) is 1.71. The predicted molar refractivity (Wildman–Crippen MR) is 68.3 cm³/mol. The average molecular weight is 233 g/mol. The lowest BCUT2D eigenvalue weighted by Gasteiger charge is -2.22. The fourth-order valence-corrected chi connectivity index (χ4v) is 1.71. The number of nitrogens with two attached hydrogens (primary N) is 1. The number of nitriles is 1. The van der Waals surface area contributed by atoms with Gasteiger partial charge < -0.3 is 15.7 Å². The zero-order valence-electron chi connectivity index (χ0n) is 10.3. The first-order valence-electron chi connectivity index (χ1n) is 5.82. The molecule has 1 rings (SSSR count). The standard InChI is InChI=1S/C13H19N3O/c1-3-16(4-2)9-13(17)10-5-6-12(15)11(7-10)8-14/h5-7,13,17H,3-4,9,15H2,1-2H3. The second-order valence-corrected chi connectivity index (χ2v) is 3.96. The van der Waals surface area contributed by atoms with E-state index in [0.29, 0.717) is 17.8 Å². The van der Waals surface area contributed by atoms with E-state index in [-0.39, 0.29) is 0 Å². The maximum atomic E-state index is 10.1. The molecule has 0 spiro atoms. The van der Waals surface area contributed by atoms with Crippen LogP contribution in [-0.4, -0.2) is 29.6 Å². The molecular formula is C13H19N3O. The third-order valence-electron chi connectivity index (χ3n) is 2.91. The summed E-state index contributed by atoms with van der Waals surface area (Å²) < 4.78 is 0. The minimum absolute atomic E-state index is 0.418. The van der Waals surface area contributed by atoms with Crippen molar-refractivity contribution in [2.24, 2.45) is 0 Å². The Hall–Kier alpha value is -1.57. The Morgan fingerprint density at radius 1 is 1.41 bits per heavy atom. The number of aliphatic hydroxyl groups excluding tert-OH is 1. The summed E-state index contributed by atoms with van der Waals surface area (Å²) in [6, 6.07) is 7.11. The lowest BCUT2D eigenvalue weighted by Crippen LogP contribution is -2.28. The molecule has 92 valence electrons. The van der Waals surface area contributed by atoms with Gasteiger partial charge >= 0.3 is 0 Å². The van der Waals surface area contributed by atoms with Gasteiger partial charge in [0.1, 0.15) is 6.07 Å². The summed E-state index contributed by atoms with van der Waals surface area (Å²) in [5, 5.41) is 18.9. The van der Waals surface area contributed by atoms with Gasteiger partial charge in [-0.15, -0.1) is 0 Å². The van der Waals surface area contributed by atoms with Gasteiger partial charge in [-0.2, -0.15) is 5.26 Å². The highest BCUT2D eigenvalue weighted by Crippen LogP contribution is 2.19. The number of nitrogens with zero attached hydrogens (tertiary/aromatic N) is 2. The van der Waals surface area contributed by atoms with Crippen LogP contribution in [-0.2, 0) is 0 Å². The van der Waals surface area contributed by atoms with Crippen LogP contribution in [0.4, 0.5) is 5.69 Å². The molecule has 0 bridgehead atoms. The first kappa shape index (κ1) is 13.5. The number of aliphatic hydroxyl groups is 1. The van der Waals surface area contributed by atoms with Crippen molar-refractivity contribution in [2.75, 3.05) is 25.4 Å². The molecule has 1 aromatic carbocycles. The van der Waals surface area contributed by atoms with Gasteiger partial charge in [-0.25, -0.2) is 0 Å². The van der Waals surface area contributed by atoms with Crippen LogP contribution in [0.1, 0.15) is 31.1 Å². The summed E-state index contributed by atoms with van der Waals surface area (Å²) in [4.78, 5) is 2.13. The Labute approximate surface area is 102 Å². The van der Waals surface area contributed by atoms with E-state index >= 15 is 0 Å². The quantitative estimate of drug-likeness (QED) is 0.756. The van der Waals surface area contributed by atoms with Crippen molar-refractivity contribution in [3.8, 4) is 6.07 Å². The van der Waals surface area contributed by atoms with Gasteiger partial charge in [-0.1, -0.05) is 19.9 Å². The molecule has 4 heteroatoms. The van der Waals surface area contributed by atoms with Crippen LogP contribution in [0.25, 0.3) is 0 Å². The molecule has 0 aliphatic heterocycles. The number of anilines is 1. The maximum absolute atomic E-state index is 10.1. The Balaban J connectivity index is 2.82. The highest BCUT2D eigenvalue weighted by molar-refractivity contribution is 5.55. The van der Waals surface area contributed by atoms with Gasteiger partial charge in [0.2, 0.25) is 0 Å². The lowest BCUT2D eigenvalue weighted by molar-refractivity contribution is 0.119. The molecule has 0 aliphatic carbocycles. The van der Waals surface area contributed by atoms with E-state index in [4.69, 9.17) is 11.0 Å². The van der Waals surface area contributed by atoms with Crippen LogP contribution < -0.4 is 5.73 Å². The molecule has 0 radical (unpaired) electrons. The summed E-state index contributed by atoms with van der Waals surface area (Å²) in [5.41, 5.74) is 7.25. The summed E-state index contributed by atoms with van der Waals surface area (Å²) in [7, 11) is 0. The Morgan fingerprint density at radius 3 is 2.59 bits per heavy atom. The van der Waals surface area contributed by atoms with Crippen molar-refractivity contribution < 1.29 is 5.11 Å². The van der Waals surface area contributed by atoms with Gasteiger partial charge in [0.25, 0.3) is 0 Å². The summed E-state index contributed by atoms with van der Waals surface area (Å²) in [5.74, 6) is 0. The minimum Gasteiger partial charge on any atom is -0.398 e. The van der Waals surface area contributed by atoms with Gasteiger partial charge in [0.15, 0.2) is 0 Å². The topological polar surface area (TPSA) is 73.3 Å². The van der Waals surface area contributed by atoms with Crippen molar-refractivity contribution in [1.82, 2.24) is 4.90 Å². The Kier molecular flexibility index (Phi) is 4.95. The van der Waals surface area contributed by atoms with E-state index in [1.165, 1.54) is 0 Å². The van der Waals surface area contributed by atoms with Crippen LogP contribution in [0.5, 0.6) is 0 Å². The predicted octanol–water partition coefficient (Wildman–Crippen LogP) is 1.52. The number of nitrogen functional groups attached to an aromatic ring is 1. The van der Waals surface area contributed by atoms with Crippen LogP contribution in [0.2, 0.25) is 0 Å². The van der Waals surface area contributed by atoms with Crippen molar-refractivity contribution in [2.45, 2.75) is 20.0 Å². The van der Waals surface area contributed by atoms with Crippen LogP contribution in [0.15, 0.2) is 18.2 Å². The number of likely N-dealkylation sites (N-methyl/N-ethyl adjacent to an activating group) is 1. The first-order chi connectivity index (χ1) is 8.12. The van der Waals surface area contributed by atoms with Crippen LogP contribution in [0, 0.1) is 11.3 Å². The number of hydrogen-bond acceptors (Lipinski definition) is 4. The molecule has 1 aromatic rings. The molecule has 0 amide bonds. The second kappa shape index (κ2) is 6.24. The van der Waals surface area contributed by atoms with E-state index in [2.05, 4.69) is 18.7 Å². The Morgan fingerprint density at radius 2 is 2.06 bits per heavy atom. The number of hydrogen-bond donors (Lipinski definition) is 2. The molecule has 0 saturated carbocycles. The molecule has 3 N–H and O–H groups in total. The van der Waals surface area contributed by atoms with Crippen LogP contribution >= 0.6 is 0 Å². The number of rotatable bonds is 5. The highest BCUT2D eigenvalue weighted by atomic mass is 16.3. The smallest absolute Gasteiger partial charge is 0.101 e. The van der Waals surface area contributed by atoms with Gasteiger partial charge in [-0.3, -0.25) is 0 Å². The molecule has 1 unspecified atom stereocenters. The lowest BCUT2D eigenvalue weighted by atomic mass is 10.0. The molecule has 0 saturated heterocycles. The molecule has 1 atom stereocenters. The molecule has 17 heavy (non-hydrogen) atoms. The van der Waals surface area contributed by atoms with E-state index in [9.17, 15) is 5.11 Å². The fraction of sp³-hybridized carbons (Fsp3) is 0.462. The third kappa shape index (κ3) is 3.45. The Bertz CT molecular complexity index is 408. The zero-order valence-corrected chi connectivity index (χ0v) is 10.3. The highest BCUT2D eigenvalue weighted by Gasteiger charge is 2.12. The van der Waals surface area contributed by atoms with E-state index in [1.54, 1.807) is 18.2 Å². The van der Waals surface area contributed by atoms with E-state index in [1.807, 2.05) is 6.07 Å². The van der Waals surface area contributed by atoms with E-state index < -0.39 is 6.10 Å². The molecule has 0 aliphatic rings. The zero-order chi connectivity index (χ0) is 12.8. The largest absolute Gasteiger partial charge is 0.398 e. The van der Waals surface area contributed by atoms with Gasteiger partial charge in [0.05, 0.1) is 11.7 Å². The van der Waals surface area contributed by atoms with Gasteiger partial charge in [0, 0.05) is 12.2 Å². The summed E-state index contributed by atoms with van der Waals surface area (Å²) >= 11 is 0. The monoisotopic (exact) mass is 233 g/mol. The summed E-state index contributed by atoms with van der Waals surface area (Å²) in [6.45, 7) is 6.48. The van der Waals surface area contributed by atoms with Crippen molar-refractivity contribution in [3.05, 3.63) is 29.3 Å². The third-order valence-corrected chi connectivity index (χ3v) is 2.91. The molecule has 0 aromatic heterocycles.